The Kier molecular flexibility index (Phi) is 6.11. The minimum absolute atomic E-state index is 0.649. The topological polar surface area (TPSA) is 51.6 Å². The molecule has 0 aliphatic rings. The molecule has 0 aliphatic carbocycles. The SMILES string of the molecule is c1ccc(-c2nc(-c3ccccc3)nc(-c3ccc4cccc(-c5ccc(-c6cccnc6)cc5)c4c3)n2)cc1. The van der Waals surface area contributed by atoms with E-state index in [9.17, 15) is 0 Å². The van der Waals surface area contributed by atoms with E-state index in [-0.39, 0.29) is 0 Å². The Morgan fingerprint density at radius 2 is 0.950 bits per heavy atom. The molecule has 4 nitrogen and oxygen atoms in total. The molecule has 7 aromatic rings. The van der Waals surface area contributed by atoms with Gasteiger partial charge in [-0.2, -0.15) is 0 Å². The summed E-state index contributed by atoms with van der Waals surface area (Å²) in [6.45, 7) is 0. The first kappa shape index (κ1) is 23.6. The average molecular weight is 513 g/mol. The van der Waals surface area contributed by atoms with Crippen molar-refractivity contribution in [2.24, 2.45) is 0 Å². The molecule has 40 heavy (non-hydrogen) atoms. The van der Waals surface area contributed by atoms with Crippen LogP contribution >= 0.6 is 0 Å². The smallest absolute Gasteiger partial charge is 0.164 e. The van der Waals surface area contributed by atoms with E-state index in [1.165, 1.54) is 5.39 Å². The van der Waals surface area contributed by atoms with E-state index in [1.807, 2.05) is 72.9 Å². The number of rotatable bonds is 5. The lowest BCUT2D eigenvalue weighted by Crippen LogP contribution is -2.00. The normalized spacial score (nSPS) is 11.0. The van der Waals surface area contributed by atoms with Crippen molar-refractivity contribution in [3.05, 3.63) is 146 Å². The van der Waals surface area contributed by atoms with Crippen molar-refractivity contribution in [2.75, 3.05) is 0 Å². The molecule has 0 aliphatic heterocycles. The Morgan fingerprint density at radius 1 is 0.375 bits per heavy atom. The van der Waals surface area contributed by atoms with Crippen molar-refractivity contribution in [1.82, 2.24) is 19.9 Å². The zero-order chi connectivity index (χ0) is 26.7. The second-order valence-electron chi connectivity index (χ2n) is 9.60. The number of benzene rings is 5. The molecule has 188 valence electrons. The first-order chi connectivity index (χ1) is 19.8. The maximum atomic E-state index is 4.93. The van der Waals surface area contributed by atoms with Crippen LogP contribution in [0.15, 0.2) is 146 Å². The highest BCUT2D eigenvalue weighted by Crippen LogP contribution is 2.33. The second kappa shape index (κ2) is 10.4. The van der Waals surface area contributed by atoms with Gasteiger partial charge in [0.1, 0.15) is 0 Å². The van der Waals surface area contributed by atoms with E-state index in [4.69, 9.17) is 15.0 Å². The highest BCUT2D eigenvalue weighted by molar-refractivity contribution is 5.99. The predicted octanol–water partition coefficient (Wildman–Crippen LogP) is 8.75. The van der Waals surface area contributed by atoms with Gasteiger partial charge in [-0.05, 0) is 45.2 Å². The Bertz CT molecular complexity index is 1860. The molecular weight excluding hydrogens is 488 g/mol. The van der Waals surface area contributed by atoms with Gasteiger partial charge < -0.3 is 0 Å². The molecule has 0 N–H and O–H groups in total. The van der Waals surface area contributed by atoms with Crippen molar-refractivity contribution in [3.8, 4) is 56.4 Å². The monoisotopic (exact) mass is 512 g/mol. The van der Waals surface area contributed by atoms with Gasteiger partial charge in [0.05, 0.1) is 0 Å². The largest absolute Gasteiger partial charge is 0.264 e. The third-order valence-electron chi connectivity index (χ3n) is 7.03. The summed E-state index contributed by atoms with van der Waals surface area (Å²) in [4.78, 5) is 18.9. The Morgan fingerprint density at radius 3 is 1.57 bits per heavy atom. The minimum atomic E-state index is 0.649. The fourth-order valence-corrected chi connectivity index (χ4v) is 4.98. The van der Waals surface area contributed by atoms with Crippen LogP contribution in [0, 0.1) is 0 Å². The molecule has 2 aromatic heterocycles. The molecule has 2 heterocycles. The first-order valence-electron chi connectivity index (χ1n) is 13.2. The molecule has 0 spiro atoms. The van der Waals surface area contributed by atoms with Crippen LogP contribution in [0.25, 0.3) is 67.2 Å². The van der Waals surface area contributed by atoms with E-state index in [1.54, 1.807) is 6.20 Å². The minimum Gasteiger partial charge on any atom is -0.264 e. The van der Waals surface area contributed by atoms with E-state index >= 15 is 0 Å². The number of hydrogen-bond acceptors (Lipinski definition) is 4. The third kappa shape index (κ3) is 4.63. The Labute approximate surface area is 232 Å². The molecule has 0 atom stereocenters. The molecule has 4 heteroatoms. The molecule has 0 fully saturated rings. The van der Waals surface area contributed by atoms with E-state index < -0.39 is 0 Å². The fourth-order valence-electron chi connectivity index (χ4n) is 4.98. The fraction of sp³-hybridized carbons (Fsp3) is 0. The summed E-state index contributed by atoms with van der Waals surface area (Å²) in [5.41, 5.74) is 7.43. The molecule has 0 radical (unpaired) electrons. The van der Waals surface area contributed by atoms with Gasteiger partial charge in [0.25, 0.3) is 0 Å². The summed E-state index contributed by atoms with van der Waals surface area (Å²) in [7, 11) is 0. The zero-order valence-corrected chi connectivity index (χ0v) is 21.6. The lowest BCUT2D eigenvalue weighted by Gasteiger charge is -2.11. The molecule has 7 rings (SSSR count). The van der Waals surface area contributed by atoms with E-state index in [2.05, 4.69) is 71.7 Å². The maximum Gasteiger partial charge on any atom is 0.164 e. The summed E-state index contributed by atoms with van der Waals surface area (Å²) in [6, 6.07) is 45.7. The van der Waals surface area contributed by atoms with Crippen molar-refractivity contribution in [1.29, 1.82) is 0 Å². The van der Waals surface area contributed by atoms with Gasteiger partial charge >= 0.3 is 0 Å². The van der Waals surface area contributed by atoms with Crippen molar-refractivity contribution < 1.29 is 0 Å². The van der Waals surface area contributed by atoms with Crippen LogP contribution in [0.3, 0.4) is 0 Å². The van der Waals surface area contributed by atoms with Crippen LogP contribution in [0.5, 0.6) is 0 Å². The van der Waals surface area contributed by atoms with Crippen LogP contribution in [0.4, 0.5) is 0 Å². The standard InChI is InChI=1S/C36H24N4/c1-3-9-28(10-4-1)34-38-35(29-11-5-2-6-12-29)40-36(39-34)30-21-20-26-13-7-15-32(33(26)23-30)27-18-16-25(17-19-27)31-14-8-22-37-24-31/h1-24H. The Hall–Kier alpha value is -5.48. The second-order valence-corrected chi connectivity index (χ2v) is 9.60. The van der Waals surface area contributed by atoms with E-state index in [0.717, 1.165) is 44.3 Å². The van der Waals surface area contributed by atoms with E-state index in [0.29, 0.717) is 17.5 Å². The zero-order valence-electron chi connectivity index (χ0n) is 21.6. The summed E-state index contributed by atoms with van der Waals surface area (Å²) < 4.78 is 0. The van der Waals surface area contributed by atoms with Gasteiger partial charge in [0, 0.05) is 29.1 Å². The molecule has 0 unspecified atom stereocenters. The van der Waals surface area contributed by atoms with Gasteiger partial charge in [-0.15, -0.1) is 0 Å². The molecule has 0 saturated heterocycles. The van der Waals surface area contributed by atoms with Crippen molar-refractivity contribution in [2.45, 2.75) is 0 Å². The molecule has 0 bridgehead atoms. The number of fused-ring (bicyclic) bond motifs is 1. The summed E-state index contributed by atoms with van der Waals surface area (Å²) in [6.07, 6.45) is 3.69. The highest BCUT2D eigenvalue weighted by atomic mass is 15.0. The van der Waals surface area contributed by atoms with Crippen LogP contribution in [-0.2, 0) is 0 Å². The molecule has 0 amide bonds. The average Bonchev–Trinajstić information content (AvgIpc) is 3.05. The first-order valence-corrected chi connectivity index (χ1v) is 13.2. The lowest BCUT2D eigenvalue weighted by atomic mass is 9.95. The van der Waals surface area contributed by atoms with Crippen LogP contribution in [0.2, 0.25) is 0 Å². The van der Waals surface area contributed by atoms with Gasteiger partial charge in [0.15, 0.2) is 17.5 Å². The number of aromatic nitrogens is 4. The van der Waals surface area contributed by atoms with Gasteiger partial charge in [-0.25, -0.2) is 15.0 Å². The number of hydrogen-bond donors (Lipinski definition) is 0. The number of pyridine rings is 1. The van der Waals surface area contributed by atoms with Crippen LogP contribution in [0.1, 0.15) is 0 Å². The molecular formula is C36H24N4. The van der Waals surface area contributed by atoms with Gasteiger partial charge in [0.2, 0.25) is 0 Å². The molecule has 5 aromatic carbocycles. The van der Waals surface area contributed by atoms with Crippen molar-refractivity contribution >= 4 is 10.8 Å². The van der Waals surface area contributed by atoms with Crippen LogP contribution < -0.4 is 0 Å². The van der Waals surface area contributed by atoms with Gasteiger partial charge in [-0.3, -0.25) is 4.98 Å². The summed E-state index contributed by atoms with van der Waals surface area (Å²) in [5.74, 6) is 1.96. The number of nitrogens with zero attached hydrogens (tertiary/aromatic N) is 4. The highest BCUT2D eigenvalue weighted by Gasteiger charge is 2.13. The predicted molar refractivity (Wildman–Crippen MR) is 162 cm³/mol. The summed E-state index contributed by atoms with van der Waals surface area (Å²) in [5, 5.41) is 2.32. The third-order valence-corrected chi connectivity index (χ3v) is 7.03. The van der Waals surface area contributed by atoms with Crippen LogP contribution in [-0.4, -0.2) is 19.9 Å². The van der Waals surface area contributed by atoms with Crippen molar-refractivity contribution in [3.63, 3.8) is 0 Å². The quantitative estimate of drug-likeness (QED) is 0.231. The summed E-state index contributed by atoms with van der Waals surface area (Å²) >= 11 is 0. The Balaban J connectivity index is 1.35. The lowest BCUT2D eigenvalue weighted by molar-refractivity contribution is 1.07. The maximum absolute atomic E-state index is 4.93. The van der Waals surface area contributed by atoms with Gasteiger partial charge in [-0.1, -0.05) is 121 Å². The molecule has 0 saturated carbocycles.